The Morgan fingerprint density at radius 1 is 0.960 bits per heavy atom. The van der Waals surface area contributed by atoms with Crippen LogP contribution in [0.1, 0.15) is 23.5 Å². The molecule has 1 heterocycles. The molecule has 4 rings (SSSR count). The molecule has 0 spiro atoms. The number of amides is 1. The van der Waals surface area contributed by atoms with Crippen LogP contribution in [0.5, 0.6) is 0 Å². The second-order valence-corrected chi connectivity index (χ2v) is 7.52. The summed E-state index contributed by atoms with van der Waals surface area (Å²) in [7, 11) is 0. The van der Waals surface area contributed by atoms with Crippen molar-refractivity contribution in [1.29, 1.82) is 0 Å². The van der Waals surface area contributed by atoms with Crippen LogP contribution >= 0.6 is 11.6 Å². The Bertz CT molecular complexity index is 723. The van der Waals surface area contributed by atoms with Gasteiger partial charge in [-0.05, 0) is 35.6 Å². The molecule has 1 amide bonds. The summed E-state index contributed by atoms with van der Waals surface area (Å²) in [5.74, 6) is 0.883. The molecule has 1 aliphatic carbocycles. The molecule has 2 fully saturated rings. The first-order chi connectivity index (χ1) is 12.2. The van der Waals surface area contributed by atoms with E-state index in [1.807, 2.05) is 18.2 Å². The van der Waals surface area contributed by atoms with Crippen LogP contribution < -0.4 is 0 Å². The molecule has 2 unspecified atom stereocenters. The molecule has 2 aromatic carbocycles. The van der Waals surface area contributed by atoms with Crippen LogP contribution in [0.2, 0.25) is 5.02 Å². The Morgan fingerprint density at radius 2 is 1.64 bits per heavy atom. The average Bonchev–Trinajstić information content (AvgIpc) is 3.44. The van der Waals surface area contributed by atoms with E-state index in [-0.39, 0.29) is 5.92 Å². The summed E-state index contributed by atoms with van der Waals surface area (Å²) in [6, 6.07) is 18.5. The van der Waals surface area contributed by atoms with E-state index in [1.165, 1.54) is 11.1 Å². The molecule has 130 valence electrons. The molecule has 2 aliphatic rings. The zero-order valence-corrected chi connectivity index (χ0v) is 15.0. The van der Waals surface area contributed by atoms with Gasteiger partial charge in [0.15, 0.2) is 0 Å². The van der Waals surface area contributed by atoms with Gasteiger partial charge in [-0.25, -0.2) is 0 Å². The highest BCUT2D eigenvalue weighted by atomic mass is 35.5. The van der Waals surface area contributed by atoms with Crippen LogP contribution in [0.4, 0.5) is 0 Å². The second-order valence-electron chi connectivity index (χ2n) is 7.09. The van der Waals surface area contributed by atoms with E-state index in [2.05, 4.69) is 46.2 Å². The first-order valence-corrected chi connectivity index (χ1v) is 9.39. The number of piperazine rings is 1. The van der Waals surface area contributed by atoms with Crippen molar-refractivity contribution in [1.82, 2.24) is 9.80 Å². The zero-order valence-electron chi connectivity index (χ0n) is 14.3. The van der Waals surface area contributed by atoms with E-state index in [1.54, 1.807) is 0 Å². The molecule has 2 aromatic rings. The third-order valence-corrected chi connectivity index (χ3v) is 5.59. The lowest BCUT2D eigenvalue weighted by Gasteiger charge is -2.35. The van der Waals surface area contributed by atoms with Gasteiger partial charge in [0.1, 0.15) is 0 Å². The topological polar surface area (TPSA) is 23.6 Å². The molecule has 1 saturated carbocycles. The molecular weight excluding hydrogens is 332 g/mol. The Morgan fingerprint density at radius 3 is 2.32 bits per heavy atom. The lowest BCUT2D eigenvalue weighted by molar-refractivity contribution is -0.134. The van der Waals surface area contributed by atoms with Gasteiger partial charge in [0, 0.05) is 43.7 Å². The molecule has 1 saturated heterocycles. The summed E-state index contributed by atoms with van der Waals surface area (Å²) >= 11 is 5.95. The lowest BCUT2D eigenvalue weighted by Crippen LogP contribution is -2.48. The predicted octanol–water partition coefficient (Wildman–Crippen LogP) is 3.79. The molecule has 4 heteroatoms. The number of halogens is 1. The zero-order chi connectivity index (χ0) is 17.2. The van der Waals surface area contributed by atoms with E-state index in [4.69, 9.17) is 11.6 Å². The third-order valence-electron chi connectivity index (χ3n) is 5.34. The fraction of sp³-hybridized carbons (Fsp3) is 0.381. The largest absolute Gasteiger partial charge is 0.340 e. The van der Waals surface area contributed by atoms with Gasteiger partial charge in [0.05, 0.1) is 0 Å². The standard InChI is InChI=1S/C21H23ClN2O/c22-18-8-6-17(7-9-18)19-14-20(19)21(25)24-12-10-23(11-13-24)15-16-4-2-1-3-5-16/h1-9,19-20H,10-15H2. The van der Waals surface area contributed by atoms with Crippen molar-refractivity contribution in [3.8, 4) is 0 Å². The molecule has 0 N–H and O–H groups in total. The Kier molecular flexibility index (Phi) is 4.78. The van der Waals surface area contributed by atoms with Crippen molar-refractivity contribution in [2.75, 3.05) is 26.2 Å². The smallest absolute Gasteiger partial charge is 0.226 e. The summed E-state index contributed by atoms with van der Waals surface area (Å²) in [6.07, 6.45) is 0.977. The van der Waals surface area contributed by atoms with E-state index >= 15 is 0 Å². The van der Waals surface area contributed by atoms with Crippen molar-refractivity contribution in [2.45, 2.75) is 18.9 Å². The molecule has 0 bridgehead atoms. The minimum atomic E-state index is 0.168. The highest BCUT2D eigenvalue weighted by molar-refractivity contribution is 6.30. The Labute approximate surface area is 154 Å². The van der Waals surface area contributed by atoms with Gasteiger partial charge in [0.2, 0.25) is 5.91 Å². The summed E-state index contributed by atoms with van der Waals surface area (Å²) in [5.41, 5.74) is 2.58. The fourth-order valence-electron chi connectivity index (χ4n) is 3.75. The SMILES string of the molecule is O=C(C1CC1c1ccc(Cl)cc1)N1CCN(Cc2ccccc2)CC1. The van der Waals surface area contributed by atoms with Gasteiger partial charge in [-0.2, -0.15) is 0 Å². The number of carbonyl (C=O) groups is 1. The van der Waals surface area contributed by atoms with E-state index in [9.17, 15) is 4.79 Å². The van der Waals surface area contributed by atoms with E-state index < -0.39 is 0 Å². The van der Waals surface area contributed by atoms with Crippen LogP contribution in [0.3, 0.4) is 0 Å². The first-order valence-electron chi connectivity index (χ1n) is 9.01. The summed E-state index contributed by atoms with van der Waals surface area (Å²) in [5, 5.41) is 0.752. The molecule has 3 nitrogen and oxygen atoms in total. The minimum absolute atomic E-state index is 0.168. The molecule has 1 aliphatic heterocycles. The number of carbonyl (C=O) groups excluding carboxylic acids is 1. The number of nitrogens with zero attached hydrogens (tertiary/aromatic N) is 2. The fourth-order valence-corrected chi connectivity index (χ4v) is 3.87. The van der Waals surface area contributed by atoms with Crippen molar-refractivity contribution < 1.29 is 4.79 Å². The van der Waals surface area contributed by atoms with Crippen LogP contribution in [-0.2, 0) is 11.3 Å². The van der Waals surface area contributed by atoms with Gasteiger partial charge >= 0.3 is 0 Å². The molecule has 2 atom stereocenters. The second kappa shape index (κ2) is 7.19. The van der Waals surface area contributed by atoms with Crippen molar-refractivity contribution >= 4 is 17.5 Å². The number of hydrogen-bond acceptors (Lipinski definition) is 2. The maximum Gasteiger partial charge on any atom is 0.226 e. The number of benzene rings is 2. The lowest BCUT2D eigenvalue weighted by atomic mass is 10.1. The molecular formula is C21H23ClN2O. The maximum atomic E-state index is 12.8. The van der Waals surface area contributed by atoms with Gasteiger partial charge in [0.25, 0.3) is 0 Å². The van der Waals surface area contributed by atoms with Crippen LogP contribution in [-0.4, -0.2) is 41.9 Å². The van der Waals surface area contributed by atoms with Gasteiger partial charge < -0.3 is 4.90 Å². The minimum Gasteiger partial charge on any atom is -0.340 e. The monoisotopic (exact) mass is 354 g/mol. The van der Waals surface area contributed by atoms with Gasteiger partial charge in [-0.15, -0.1) is 0 Å². The Balaban J connectivity index is 1.28. The van der Waals surface area contributed by atoms with Crippen molar-refractivity contribution in [2.24, 2.45) is 5.92 Å². The molecule has 25 heavy (non-hydrogen) atoms. The maximum absolute atomic E-state index is 12.8. The summed E-state index contributed by atoms with van der Waals surface area (Å²) in [4.78, 5) is 17.2. The number of hydrogen-bond donors (Lipinski definition) is 0. The van der Waals surface area contributed by atoms with E-state index in [0.717, 1.165) is 44.2 Å². The first kappa shape index (κ1) is 16.6. The highest BCUT2D eigenvalue weighted by Crippen LogP contribution is 2.48. The normalized spacial score (nSPS) is 23.5. The van der Waals surface area contributed by atoms with Crippen molar-refractivity contribution in [3.05, 3.63) is 70.7 Å². The van der Waals surface area contributed by atoms with Crippen LogP contribution in [0, 0.1) is 5.92 Å². The highest BCUT2D eigenvalue weighted by Gasteiger charge is 2.46. The summed E-state index contributed by atoms with van der Waals surface area (Å²) < 4.78 is 0. The average molecular weight is 355 g/mol. The van der Waals surface area contributed by atoms with E-state index in [0.29, 0.717) is 11.8 Å². The van der Waals surface area contributed by atoms with Crippen molar-refractivity contribution in [3.63, 3.8) is 0 Å². The van der Waals surface area contributed by atoms with Gasteiger partial charge in [-0.3, -0.25) is 9.69 Å². The van der Waals surface area contributed by atoms with Crippen LogP contribution in [0.25, 0.3) is 0 Å². The van der Waals surface area contributed by atoms with Crippen LogP contribution in [0.15, 0.2) is 54.6 Å². The predicted molar refractivity (Wildman–Crippen MR) is 101 cm³/mol. The molecule has 0 aromatic heterocycles. The third kappa shape index (κ3) is 3.88. The molecule has 0 radical (unpaired) electrons. The quantitative estimate of drug-likeness (QED) is 0.834. The Hall–Kier alpha value is -1.84. The van der Waals surface area contributed by atoms with Gasteiger partial charge in [-0.1, -0.05) is 54.1 Å². The summed E-state index contributed by atoms with van der Waals surface area (Å²) in [6.45, 7) is 4.57. The number of rotatable bonds is 4.